The van der Waals surface area contributed by atoms with E-state index in [1.54, 1.807) is 13.2 Å². The fraction of sp³-hybridized carbons (Fsp3) is 0.667. The molecule has 0 amide bonds. The molecule has 4 nitrogen and oxygen atoms in total. The molecule has 0 bridgehead atoms. The molecule has 1 aromatic carbocycles. The van der Waals surface area contributed by atoms with Crippen LogP contribution in [0.5, 0.6) is 5.75 Å². The van der Waals surface area contributed by atoms with Gasteiger partial charge in [-0.1, -0.05) is 26.0 Å². The van der Waals surface area contributed by atoms with Crippen LogP contribution in [0.4, 0.5) is 0 Å². The Kier molecular flexibility index (Phi) is 5.50. The standard InChI is InChI=1S/C27H37NO3/c1-16-4-9-25(29)18(12-16)15-28-24-14-23-22-7-5-17-13-19(31-3)6-8-20(17)21(22)10-11-27(23,2)26(24)30/h4,6,8-9,13,16,18,21-24,26,28,30H,5,7,10-12,14-15H2,1-3H3. The van der Waals surface area contributed by atoms with Gasteiger partial charge in [-0.05, 0) is 96.9 Å². The predicted octanol–water partition coefficient (Wildman–Crippen LogP) is 4.26. The maximum absolute atomic E-state index is 12.3. The van der Waals surface area contributed by atoms with Crippen LogP contribution < -0.4 is 10.1 Å². The van der Waals surface area contributed by atoms with Crippen LogP contribution in [0.15, 0.2) is 30.4 Å². The molecule has 168 valence electrons. The molecule has 0 radical (unpaired) electrons. The Hall–Kier alpha value is -1.65. The van der Waals surface area contributed by atoms with Crippen LogP contribution >= 0.6 is 0 Å². The number of rotatable bonds is 4. The van der Waals surface area contributed by atoms with Crippen LogP contribution in [-0.4, -0.2) is 36.7 Å². The first-order valence-corrected chi connectivity index (χ1v) is 12.2. The molecule has 0 aromatic heterocycles. The van der Waals surface area contributed by atoms with E-state index in [2.05, 4.69) is 37.4 Å². The van der Waals surface area contributed by atoms with E-state index >= 15 is 0 Å². The number of fused-ring (bicyclic) bond motifs is 5. The number of hydrogen-bond donors (Lipinski definition) is 2. The van der Waals surface area contributed by atoms with Gasteiger partial charge in [-0.25, -0.2) is 0 Å². The summed E-state index contributed by atoms with van der Waals surface area (Å²) in [5, 5.41) is 15.0. The zero-order chi connectivity index (χ0) is 21.8. The zero-order valence-electron chi connectivity index (χ0n) is 19.1. The van der Waals surface area contributed by atoms with Gasteiger partial charge in [-0.3, -0.25) is 4.79 Å². The monoisotopic (exact) mass is 423 g/mol. The predicted molar refractivity (Wildman–Crippen MR) is 122 cm³/mol. The van der Waals surface area contributed by atoms with E-state index in [1.165, 1.54) is 17.5 Å². The average molecular weight is 424 g/mol. The van der Waals surface area contributed by atoms with Crippen molar-refractivity contribution in [3.63, 3.8) is 0 Å². The second kappa shape index (κ2) is 8.04. The zero-order valence-corrected chi connectivity index (χ0v) is 19.1. The van der Waals surface area contributed by atoms with Crippen molar-refractivity contribution in [2.24, 2.45) is 29.1 Å². The number of carbonyl (C=O) groups excluding carboxylic acids is 1. The molecule has 4 aliphatic carbocycles. The van der Waals surface area contributed by atoms with Crippen LogP contribution in [-0.2, 0) is 11.2 Å². The highest BCUT2D eigenvalue weighted by atomic mass is 16.5. The van der Waals surface area contributed by atoms with E-state index in [-0.39, 0.29) is 29.3 Å². The number of aliphatic hydroxyl groups excluding tert-OH is 1. The summed E-state index contributed by atoms with van der Waals surface area (Å²) in [7, 11) is 1.74. The number of hydrogen-bond acceptors (Lipinski definition) is 4. The highest BCUT2D eigenvalue weighted by molar-refractivity contribution is 5.92. The maximum atomic E-state index is 12.3. The molecule has 2 saturated carbocycles. The molecule has 8 unspecified atom stereocenters. The average Bonchev–Trinajstić information content (AvgIpc) is 3.04. The van der Waals surface area contributed by atoms with Crippen LogP contribution in [0.1, 0.15) is 63.0 Å². The van der Waals surface area contributed by atoms with E-state index in [4.69, 9.17) is 4.74 Å². The first-order valence-electron chi connectivity index (χ1n) is 12.2. The molecule has 1 aromatic rings. The lowest BCUT2D eigenvalue weighted by molar-refractivity contribution is -0.119. The summed E-state index contributed by atoms with van der Waals surface area (Å²) < 4.78 is 5.45. The van der Waals surface area contributed by atoms with Crippen LogP contribution in [0.3, 0.4) is 0 Å². The smallest absolute Gasteiger partial charge is 0.159 e. The molecule has 0 heterocycles. The van der Waals surface area contributed by atoms with Gasteiger partial charge >= 0.3 is 0 Å². The topological polar surface area (TPSA) is 58.6 Å². The number of aryl methyl sites for hydroxylation is 1. The highest BCUT2D eigenvalue weighted by Crippen LogP contribution is 2.61. The molecule has 4 heteroatoms. The molecule has 0 aliphatic heterocycles. The van der Waals surface area contributed by atoms with Gasteiger partial charge in [-0.2, -0.15) is 0 Å². The van der Waals surface area contributed by atoms with Crippen molar-refractivity contribution in [2.45, 2.75) is 70.4 Å². The molecule has 2 N–H and O–H groups in total. The molecule has 0 spiro atoms. The maximum Gasteiger partial charge on any atom is 0.159 e. The summed E-state index contributed by atoms with van der Waals surface area (Å²) in [5.41, 5.74) is 2.95. The summed E-state index contributed by atoms with van der Waals surface area (Å²) in [6.45, 7) is 5.18. The fourth-order valence-corrected chi connectivity index (χ4v) is 7.42. The number of allylic oxidation sites excluding steroid dienone is 2. The minimum Gasteiger partial charge on any atom is -0.497 e. The molecular formula is C27H37NO3. The SMILES string of the molecule is COc1ccc2c(c1)CCC1C2CCC2(C)C(O)C(NCC3CC(C)C=CC3=O)CC12. The van der Waals surface area contributed by atoms with Crippen molar-refractivity contribution < 1.29 is 14.6 Å². The van der Waals surface area contributed by atoms with Gasteiger partial charge < -0.3 is 15.2 Å². The number of benzene rings is 1. The number of carbonyl (C=O) groups is 1. The lowest BCUT2D eigenvalue weighted by Crippen LogP contribution is -2.47. The largest absolute Gasteiger partial charge is 0.497 e. The van der Waals surface area contributed by atoms with Crippen molar-refractivity contribution in [3.8, 4) is 5.75 Å². The fourth-order valence-electron chi connectivity index (χ4n) is 7.42. The van der Waals surface area contributed by atoms with Gasteiger partial charge in [0.05, 0.1) is 13.2 Å². The summed E-state index contributed by atoms with van der Waals surface area (Å²) in [6.07, 6.45) is 9.93. The molecule has 0 saturated heterocycles. The third-order valence-corrected chi connectivity index (χ3v) is 9.21. The quantitative estimate of drug-likeness (QED) is 0.760. The first kappa shape index (κ1) is 21.2. The van der Waals surface area contributed by atoms with E-state index < -0.39 is 0 Å². The normalized spacial score (nSPS) is 41.4. The second-order valence-corrected chi connectivity index (χ2v) is 10.9. The Labute approximate surface area is 186 Å². The molecule has 31 heavy (non-hydrogen) atoms. The Bertz CT molecular complexity index is 879. The van der Waals surface area contributed by atoms with E-state index in [9.17, 15) is 9.90 Å². The van der Waals surface area contributed by atoms with Gasteiger partial charge in [0.15, 0.2) is 5.78 Å². The van der Waals surface area contributed by atoms with Crippen LogP contribution in [0.25, 0.3) is 0 Å². The van der Waals surface area contributed by atoms with Gasteiger partial charge in [0.2, 0.25) is 0 Å². The van der Waals surface area contributed by atoms with Crippen molar-refractivity contribution in [1.82, 2.24) is 5.32 Å². The summed E-state index contributed by atoms with van der Waals surface area (Å²) in [6, 6.07) is 6.72. The lowest BCUT2D eigenvalue weighted by atomic mass is 9.55. The van der Waals surface area contributed by atoms with Crippen molar-refractivity contribution in [1.29, 1.82) is 0 Å². The van der Waals surface area contributed by atoms with Crippen molar-refractivity contribution in [2.75, 3.05) is 13.7 Å². The number of nitrogens with one attached hydrogen (secondary N) is 1. The first-order chi connectivity index (χ1) is 14.9. The number of aliphatic hydroxyl groups is 1. The van der Waals surface area contributed by atoms with Crippen LogP contribution in [0.2, 0.25) is 0 Å². The summed E-state index contributed by atoms with van der Waals surface area (Å²) in [4.78, 5) is 12.3. The van der Waals surface area contributed by atoms with E-state index in [0.717, 1.165) is 37.9 Å². The minimum atomic E-state index is -0.331. The molecule has 2 fully saturated rings. The lowest BCUT2D eigenvalue weighted by Gasteiger charge is -2.50. The molecular weight excluding hydrogens is 386 g/mol. The second-order valence-electron chi connectivity index (χ2n) is 10.9. The molecule has 5 rings (SSSR count). The number of methoxy groups -OCH3 is 1. The number of ketones is 1. The molecule has 8 atom stereocenters. The van der Waals surface area contributed by atoms with Gasteiger partial charge in [-0.15, -0.1) is 0 Å². The van der Waals surface area contributed by atoms with Crippen molar-refractivity contribution >= 4 is 5.78 Å². The summed E-state index contributed by atoms with van der Waals surface area (Å²) >= 11 is 0. The Balaban J connectivity index is 1.31. The molecule has 4 aliphatic rings. The third-order valence-electron chi connectivity index (χ3n) is 9.21. The summed E-state index contributed by atoms with van der Waals surface area (Å²) in [5.74, 6) is 3.48. The Morgan fingerprint density at radius 1 is 1.26 bits per heavy atom. The van der Waals surface area contributed by atoms with Crippen LogP contribution in [0, 0.1) is 29.1 Å². The highest BCUT2D eigenvalue weighted by Gasteiger charge is 2.57. The third kappa shape index (κ3) is 3.56. The van der Waals surface area contributed by atoms with E-state index in [0.29, 0.717) is 30.2 Å². The van der Waals surface area contributed by atoms with E-state index in [1.807, 2.05) is 6.08 Å². The Morgan fingerprint density at radius 3 is 2.90 bits per heavy atom. The van der Waals surface area contributed by atoms with Gasteiger partial charge in [0.25, 0.3) is 0 Å². The Morgan fingerprint density at radius 2 is 2.10 bits per heavy atom. The van der Waals surface area contributed by atoms with Gasteiger partial charge in [0, 0.05) is 18.5 Å². The van der Waals surface area contributed by atoms with Crippen molar-refractivity contribution in [3.05, 3.63) is 41.5 Å². The van der Waals surface area contributed by atoms with Gasteiger partial charge in [0.1, 0.15) is 5.75 Å². The number of ether oxygens (including phenoxy) is 1. The minimum absolute atomic E-state index is 0.0213.